The lowest BCUT2D eigenvalue weighted by molar-refractivity contribution is 0.0725. The van der Waals surface area contributed by atoms with E-state index in [0.29, 0.717) is 13.2 Å². The van der Waals surface area contributed by atoms with Gasteiger partial charge in [-0.25, -0.2) is 14.2 Å². The second-order valence-electron chi connectivity index (χ2n) is 9.08. The summed E-state index contributed by atoms with van der Waals surface area (Å²) < 4.78 is 21.5. The minimum atomic E-state index is -2.43. The molecule has 8 heteroatoms. The summed E-state index contributed by atoms with van der Waals surface area (Å²) in [6.07, 6.45) is 2.04. The lowest BCUT2D eigenvalue weighted by Crippen LogP contribution is -2.37. The van der Waals surface area contributed by atoms with Crippen LogP contribution in [0.5, 0.6) is 5.75 Å². The van der Waals surface area contributed by atoms with Crippen molar-refractivity contribution < 1.29 is 9.47 Å². The monoisotopic (exact) mass is 465 g/mol. The lowest BCUT2D eigenvalue weighted by Gasteiger charge is -2.41. The second kappa shape index (κ2) is 8.32. The summed E-state index contributed by atoms with van der Waals surface area (Å²) >= 11 is 0. The zero-order chi connectivity index (χ0) is 23.2. The van der Waals surface area contributed by atoms with Crippen LogP contribution in [-0.2, 0) is 10.2 Å². The second-order valence-corrected chi connectivity index (χ2v) is 12.0. The molecule has 0 radical (unpaired) electrons. The Balaban J connectivity index is 1.82. The molecule has 7 nitrogen and oxygen atoms in total. The van der Waals surface area contributed by atoms with Gasteiger partial charge in [0.2, 0.25) is 0 Å². The van der Waals surface area contributed by atoms with Crippen LogP contribution in [0.4, 0.5) is 11.4 Å². The van der Waals surface area contributed by atoms with E-state index >= 15 is 0 Å². The number of anilines is 1. The quantitative estimate of drug-likeness (QED) is 0.579. The number of benzene rings is 2. The first-order valence-corrected chi connectivity index (χ1v) is 13.0. The molecule has 0 amide bonds. The van der Waals surface area contributed by atoms with Crippen LogP contribution < -0.4 is 9.64 Å². The van der Waals surface area contributed by atoms with Crippen LogP contribution in [-0.4, -0.2) is 63.2 Å². The molecule has 3 heterocycles. The third-order valence-corrected chi connectivity index (χ3v) is 10.5. The van der Waals surface area contributed by atoms with E-state index in [1.54, 1.807) is 7.11 Å². The predicted octanol–water partition coefficient (Wildman–Crippen LogP) is 5.26. The minimum absolute atomic E-state index is 0.175. The van der Waals surface area contributed by atoms with Crippen molar-refractivity contribution in [3.05, 3.63) is 65.1 Å². The summed E-state index contributed by atoms with van der Waals surface area (Å²) in [6, 6.07) is 16.7. The van der Waals surface area contributed by atoms with Crippen LogP contribution in [0.3, 0.4) is 0 Å². The molecule has 3 aliphatic heterocycles. The molecule has 5 rings (SSSR count). The summed E-state index contributed by atoms with van der Waals surface area (Å²) in [6.45, 7) is 7.63. The van der Waals surface area contributed by atoms with Gasteiger partial charge in [-0.3, -0.25) is 0 Å². The molecule has 0 aliphatic carbocycles. The van der Waals surface area contributed by atoms with Gasteiger partial charge in [0.1, 0.15) is 11.4 Å². The molecular formula is C25H32N5O2P. The van der Waals surface area contributed by atoms with Gasteiger partial charge in [-0.1, -0.05) is 44.2 Å². The maximum Gasteiger partial charge on any atom is 0.175 e. The standard InChI is InChI=1S/C25H32N5O2P/c1-25(2)19-10-6-8-12-21(19)28(3)24(25)23-18-26-29(4)33(23,30-14-16-32-17-15-30)27-20-11-7-9-13-22(20)31-5/h6-13,18H,14-17H2,1-5H3/b24-23-. The average molecular weight is 466 g/mol. The number of morpholine rings is 1. The van der Waals surface area contributed by atoms with Crippen molar-refractivity contribution in [2.75, 3.05) is 52.4 Å². The molecule has 1 atom stereocenters. The van der Waals surface area contributed by atoms with E-state index in [-0.39, 0.29) is 5.41 Å². The number of hydrogen-bond donors (Lipinski definition) is 0. The zero-order valence-electron chi connectivity index (χ0n) is 20.0. The van der Waals surface area contributed by atoms with Crippen molar-refractivity contribution in [3.63, 3.8) is 0 Å². The first-order valence-electron chi connectivity index (χ1n) is 11.4. The number of methoxy groups -OCH3 is 1. The number of para-hydroxylation sites is 2. The molecule has 1 unspecified atom stereocenters. The first-order chi connectivity index (χ1) is 15.9. The van der Waals surface area contributed by atoms with E-state index < -0.39 is 7.36 Å². The molecule has 1 saturated heterocycles. The largest absolute Gasteiger partial charge is 0.494 e. The third-order valence-electron chi connectivity index (χ3n) is 6.90. The number of ether oxygens (including phenoxy) is 2. The fourth-order valence-electron chi connectivity index (χ4n) is 5.31. The van der Waals surface area contributed by atoms with Gasteiger partial charge in [-0.05, 0) is 23.8 Å². The van der Waals surface area contributed by atoms with Crippen LogP contribution in [0.25, 0.3) is 0 Å². The van der Waals surface area contributed by atoms with Crippen LogP contribution in [0, 0.1) is 0 Å². The fourth-order valence-corrected chi connectivity index (χ4v) is 8.96. The first kappa shape index (κ1) is 22.2. The van der Waals surface area contributed by atoms with E-state index in [2.05, 4.69) is 66.6 Å². The number of hydrogen-bond acceptors (Lipinski definition) is 5. The van der Waals surface area contributed by atoms with E-state index in [4.69, 9.17) is 19.3 Å². The zero-order valence-corrected chi connectivity index (χ0v) is 20.9. The number of allylic oxidation sites excluding steroid dienone is 2. The third kappa shape index (κ3) is 3.33. The maximum absolute atomic E-state index is 5.73. The van der Waals surface area contributed by atoms with Gasteiger partial charge in [0, 0.05) is 44.0 Å². The van der Waals surface area contributed by atoms with Crippen molar-refractivity contribution in [1.29, 1.82) is 0 Å². The Hall–Kier alpha value is -2.60. The van der Waals surface area contributed by atoms with E-state index in [1.807, 2.05) is 30.5 Å². The molecule has 3 aliphatic rings. The smallest absolute Gasteiger partial charge is 0.175 e. The van der Waals surface area contributed by atoms with Crippen molar-refractivity contribution in [2.24, 2.45) is 9.85 Å². The summed E-state index contributed by atoms with van der Waals surface area (Å²) in [5, 5.41) is 6.06. The summed E-state index contributed by atoms with van der Waals surface area (Å²) in [7, 11) is 3.49. The molecular weight excluding hydrogens is 433 g/mol. The Labute approximate surface area is 196 Å². The van der Waals surface area contributed by atoms with Crippen LogP contribution in [0.1, 0.15) is 19.4 Å². The fraction of sp³-hybridized carbons (Fsp3) is 0.400. The molecule has 0 N–H and O–H groups in total. The van der Waals surface area contributed by atoms with Gasteiger partial charge in [-0.2, -0.15) is 5.10 Å². The Morgan fingerprint density at radius 2 is 1.73 bits per heavy atom. The van der Waals surface area contributed by atoms with Crippen LogP contribution in [0.15, 0.2) is 69.4 Å². The molecule has 174 valence electrons. The van der Waals surface area contributed by atoms with Crippen molar-refractivity contribution >= 4 is 24.9 Å². The maximum atomic E-state index is 5.73. The Morgan fingerprint density at radius 1 is 1.03 bits per heavy atom. The molecule has 1 fully saturated rings. The Morgan fingerprint density at radius 3 is 2.45 bits per heavy atom. The van der Waals surface area contributed by atoms with Gasteiger partial charge < -0.3 is 14.4 Å². The van der Waals surface area contributed by atoms with Crippen molar-refractivity contribution in [3.8, 4) is 5.75 Å². The SMILES string of the molecule is COc1ccccc1N=P1(N2CCOCC2)/C(=C2\N(C)c3ccccc3C2(C)C)C=NN1C. The number of rotatable bonds is 3. The van der Waals surface area contributed by atoms with Crippen LogP contribution >= 0.6 is 7.36 Å². The highest BCUT2D eigenvalue weighted by Gasteiger charge is 2.48. The highest BCUT2D eigenvalue weighted by atomic mass is 31.2. The molecule has 0 aromatic heterocycles. The minimum Gasteiger partial charge on any atom is -0.494 e. The van der Waals surface area contributed by atoms with Gasteiger partial charge in [0.05, 0.1) is 31.9 Å². The summed E-state index contributed by atoms with van der Waals surface area (Å²) in [5.74, 6) is 0.775. The molecule has 2 aromatic carbocycles. The van der Waals surface area contributed by atoms with Gasteiger partial charge in [0.15, 0.2) is 7.36 Å². The van der Waals surface area contributed by atoms with Gasteiger partial charge in [0.25, 0.3) is 0 Å². The highest BCUT2D eigenvalue weighted by Crippen LogP contribution is 2.69. The van der Waals surface area contributed by atoms with Crippen LogP contribution in [0.2, 0.25) is 0 Å². The van der Waals surface area contributed by atoms with Crippen molar-refractivity contribution in [1.82, 2.24) is 9.45 Å². The number of nitrogens with zero attached hydrogens (tertiary/aromatic N) is 5. The van der Waals surface area contributed by atoms with E-state index in [0.717, 1.165) is 24.5 Å². The summed E-state index contributed by atoms with van der Waals surface area (Å²) in [4.78, 5) is 2.34. The average Bonchev–Trinajstić information content (AvgIpc) is 3.25. The molecule has 0 saturated carbocycles. The van der Waals surface area contributed by atoms with E-state index in [1.165, 1.54) is 22.3 Å². The number of likely N-dealkylation sites (N-methyl/N-ethyl adjacent to an activating group) is 1. The van der Waals surface area contributed by atoms with Gasteiger partial charge >= 0.3 is 0 Å². The Kier molecular flexibility index (Phi) is 5.60. The predicted molar refractivity (Wildman–Crippen MR) is 136 cm³/mol. The number of fused-ring (bicyclic) bond motifs is 1. The molecule has 2 aromatic rings. The molecule has 0 spiro atoms. The lowest BCUT2D eigenvalue weighted by atomic mass is 9.84. The highest BCUT2D eigenvalue weighted by molar-refractivity contribution is 7.67. The van der Waals surface area contributed by atoms with Gasteiger partial charge in [-0.15, -0.1) is 0 Å². The van der Waals surface area contributed by atoms with Crippen molar-refractivity contribution in [2.45, 2.75) is 19.3 Å². The summed E-state index contributed by atoms with van der Waals surface area (Å²) in [5.41, 5.74) is 4.51. The Bertz CT molecular complexity index is 1180. The normalized spacial score (nSPS) is 26.6. The molecule has 33 heavy (non-hydrogen) atoms. The number of hydrazone groups is 1. The molecule has 0 bridgehead atoms. The van der Waals surface area contributed by atoms with E-state index in [9.17, 15) is 0 Å². The topological polar surface area (TPSA) is 52.9 Å².